The highest BCUT2D eigenvalue weighted by molar-refractivity contribution is 7.91. The molecular weight excluding hydrogens is 266 g/mol. The van der Waals surface area contributed by atoms with Crippen LogP contribution in [0.3, 0.4) is 0 Å². The van der Waals surface area contributed by atoms with Gasteiger partial charge in [-0.15, -0.1) is 11.3 Å². The number of carbonyl (C=O) groups excluding carboxylic acids is 1. The average molecular weight is 279 g/mol. The van der Waals surface area contributed by atoms with Crippen LogP contribution in [0.15, 0.2) is 5.38 Å². The smallest absolute Gasteiger partial charge is 0.311 e. The van der Waals surface area contributed by atoms with Gasteiger partial charge in [-0.1, -0.05) is 0 Å². The monoisotopic (exact) mass is 279 g/mol. The highest BCUT2D eigenvalue weighted by Gasteiger charge is 2.12. The molecule has 96 valence electrons. The Balaban J connectivity index is 2.63. The van der Waals surface area contributed by atoms with Gasteiger partial charge in [-0.3, -0.25) is 4.79 Å². The number of rotatable bonds is 6. The number of aromatic nitrogens is 1. The van der Waals surface area contributed by atoms with E-state index in [1.165, 1.54) is 7.05 Å². The summed E-state index contributed by atoms with van der Waals surface area (Å²) in [6.07, 6.45) is 0.0334. The summed E-state index contributed by atoms with van der Waals surface area (Å²) in [5.41, 5.74) is 0.474. The van der Waals surface area contributed by atoms with Crippen molar-refractivity contribution in [2.24, 2.45) is 0 Å². The van der Waals surface area contributed by atoms with E-state index in [4.69, 9.17) is 4.74 Å². The number of ether oxygens (including phenoxy) is 1. The molecule has 0 bridgehead atoms. The van der Waals surface area contributed by atoms with Crippen LogP contribution in [0.2, 0.25) is 0 Å². The number of nitrogens with zero attached hydrogens (tertiary/aromatic N) is 1. The van der Waals surface area contributed by atoms with Crippen LogP contribution in [-0.2, 0) is 26.2 Å². The number of hydrogen-bond donors (Lipinski definition) is 2. The second kappa shape index (κ2) is 5.94. The normalized spacial score (nSPS) is 11.2. The molecule has 17 heavy (non-hydrogen) atoms. The van der Waals surface area contributed by atoms with Crippen molar-refractivity contribution in [3.63, 3.8) is 0 Å². The summed E-state index contributed by atoms with van der Waals surface area (Å²) in [6.45, 7) is 2.02. The first-order chi connectivity index (χ1) is 7.96. The molecule has 0 unspecified atom stereocenters. The van der Waals surface area contributed by atoms with Gasteiger partial charge in [-0.05, 0) is 6.92 Å². The number of nitrogens with one attached hydrogen (secondary N) is 2. The molecule has 0 atom stereocenters. The highest BCUT2D eigenvalue weighted by Crippen LogP contribution is 2.16. The van der Waals surface area contributed by atoms with Gasteiger partial charge in [0.05, 0.1) is 18.7 Å². The average Bonchev–Trinajstić information content (AvgIpc) is 2.65. The lowest BCUT2D eigenvalue weighted by Gasteiger charge is -2.01. The van der Waals surface area contributed by atoms with Crippen molar-refractivity contribution < 1.29 is 17.9 Å². The van der Waals surface area contributed by atoms with E-state index in [1.54, 1.807) is 12.3 Å². The molecule has 0 radical (unpaired) electrons. The van der Waals surface area contributed by atoms with Crippen LogP contribution in [0, 0.1) is 0 Å². The van der Waals surface area contributed by atoms with E-state index in [2.05, 4.69) is 14.4 Å². The van der Waals surface area contributed by atoms with Gasteiger partial charge in [-0.25, -0.2) is 14.4 Å². The largest absolute Gasteiger partial charge is 0.466 e. The molecule has 9 heteroatoms. The molecule has 7 nitrogen and oxygen atoms in total. The Morgan fingerprint density at radius 1 is 1.59 bits per heavy atom. The van der Waals surface area contributed by atoms with Crippen molar-refractivity contribution in [2.75, 3.05) is 18.4 Å². The van der Waals surface area contributed by atoms with E-state index in [1.807, 2.05) is 0 Å². The Kier molecular flexibility index (Phi) is 4.85. The van der Waals surface area contributed by atoms with Gasteiger partial charge in [0.1, 0.15) is 0 Å². The molecule has 0 aromatic carbocycles. The topological polar surface area (TPSA) is 97.4 Å². The van der Waals surface area contributed by atoms with Gasteiger partial charge in [0, 0.05) is 12.4 Å². The van der Waals surface area contributed by atoms with Crippen molar-refractivity contribution in [3.8, 4) is 0 Å². The SMILES string of the molecule is CCOC(=O)Cc1csc(NS(=O)(=O)NC)n1. The molecule has 1 aromatic heterocycles. The zero-order valence-corrected chi connectivity index (χ0v) is 11.0. The molecule has 0 aliphatic rings. The zero-order chi connectivity index (χ0) is 12.9. The minimum Gasteiger partial charge on any atom is -0.466 e. The Morgan fingerprint density at radius 3 is 2.88 bits per heavy atom. The van der Waals surface area contributed by atoms with Crippen molar-refractivity contribution in [2.45, 2.75) is 13.3 Å². The van der Waals surface area contributed by atoms with Crippen LogP contribution < -0.4 is 9.44 Å². The Bertz CT molecular complexity index is 483. The maximum Gasteiger partial charge on any atom is 0.311 e. The molecule has 1 heterocycles. The molecule has 1 aromatic rings. The fourth-order valence-electron chi connectivity index (χ4n) is 0.961. The predicted octanol–water partition coefficient (Wildman–Crippen LogP) is 0.125. The first-order valence-electron chi connectivity index (χ1n) is 4.78. The predicted molar refractivity (Wildman–Crippen MR) is 64.1 cm³/mol. The fourth-order valence-corrected chi connectivity index (χ4v) is 2.41. The van der Waals surface area contributed by atoms with Crippen molar-refractivity contribution >= 4 is 32.6 Å². The Labute approximate surface area is 103 Å². The fraction of sp³-hybridized carbons (Fsp3) is 0.500. The van der Waals surface area contributed by atoms with Gasteiger partial charge in [0.15, 0.2) is 5.13 Å². The quantitative estimate of drug-likeness (QED) is 0.721. The number of esters is 1. The summed E-state index contributed by atoms with van der Waals surface area (Å²) in [7, 11) is -2.28. The van der Waals surface area contributed by atoms with E-state index < -0.39 is 10.2 Å². The third-order valence-electron chi connectivity index (χ3n) is 1.67. The summed E-state index contributed by atoms with van der Waals surface area (Å²) < 4.78 is 31.4. The molecule has 0 aliphatic heterocycles. The van der Waals surface area contributed by atoms with Gasteiger partial charge in [0.25, 0.3) is 0 Å². The molecule has 0 aliphatic carbocycles. The van der Waals surface area contributed by atoms with Crippen LogP contribution in [0.25, 0.3) is 0 Å². The summed E-state index contributed by atoms with van der Waals surface area (Å²) in [4.78, 5) is 15.1. The van der Waals surface area contributed by atoms with Crippen LogP contribution in [0.5, 0.6) is 0 Å². The first-order valence-corrected chi connectivity index (χ1v) is 7.14. The summed E-state index contributed by atoms with van der Waals surface area (Å²) >= 11 is 1.10. The van der Waals surface area contributed by atoms with E-state index in [-0.39, 0.29) is 17.5 Å². The van der Waals surface area contributed by atoms with Crippen molar-refractivity contribution in [3.05, 3.63) is 11.1 Å². The van der Waals surface area contributed by atoms with E-state index in [0.29, 0.717) is 12.3 Å². The first kappa shape index (κ1) is 13.9. The number of thiazole rings is 1. The van der Waals surface area contributed by atoms with Crippen LogP contribution in [-0.4, -0.2) is 33.0 Å². The minimum absolute atomic E-state index is 0.0334. The van der Waals surface area contributed by atoms with Crippen LogP contribution >= 0.6 is 11.3 Å². The lowest BCUT2D eigenvalue weighted by atomic mass is 10.3. The van der Waals surface area contributed by atoms with Gasteiger partial charge in [0.2, 0.25) is 0 Å². The maximum atomic E-state index is 11.2. The van der Waals surface area contributed by atoms with Gasteiger partial charge in [-0.2, -0.15) is 8.42 Å². The third kappa shape index (κ3) is 4.67. The lowest BCUT2D eigenvalue weighted by Crippen LogP contribution is -2.26. The van der Waals surface area contributed by atoms with Gasteiger partial charge < -0.3 is 4.74 Å². The summed E-state index contributed by atoms with van der Waals surface area (Å²) in [5.74, 6) is -0.388. The maximum absolute atomic E-state index is 11.2. The third-order valence-corrected chi connectivity index (χ3v) is 3.61. The van der Waals surface area contributed by atoms with Crippen molar-refractivity contribution in [1.82, 2.24) is 9.71 Å². The number of hydrogen-bond acceptors (Lipinski definition) is 6. The molecular formula is C8H13N3O4S2. The Morgan fingerprint density at radius 2 is 2.29 bits per heavy atom. The van der Waals surface area contributed by atoms with Crippen LogP contribution in [0.4, 0.5) is 5.13 Å². The molecule has 2 N–H and O–H groups in total. The molecule has 0 fully saturated rings. The summed E-state index contributed by atoms with van der Waals surface area (Å²) in [6, 6.07) is 0. The lowest BCUT2D eigenvalue weighted by molar-refractivity contribution is -0.142. The summed E-state index contributed by atoms with van der Waals surface area (Å²) in [5, 5.41) is 1.81. The molecule has 0 spiro atoms. The van der Waals surface area contributed by atoms with E-state index in [9.17, 15) is 13.2 Å². The second-order valence-electron chi connectivity index (χ2n) is 2.94. The standard InChI is InChI=1S/C8H13N3O4S2/c1-3-15-7(12)4-6-5-16-8(10-6)11-17(13,14)9-2/h5,9H,3-4H2,1-2H3,(H,10,11). The molecule has 1 rings (SSSR count). The van der Waals surface area contributed by atoms with Gasteiger partial charge >= 0.3 is 16.2 Å². The Hall–Kier alpha value is -1.19. The van der Waals surface area contributed by atoms with Crippen molar-refractivity contribution in [1.29, 1.82) is 0 Å². The number of anilines is 1. The highest BCUT2D eigenvalue weighted by atomic mass is 32.2. The van der Waals surface area contributed by atoms with Crippen LogP contribution in [0.1, 0.15) is 12.6 Å². The number of carbonyl (C=O) groups is 1. The molecule has 0 saturated carbocycles. The zero-order valence-electron chi connectivity index (χ0n) is 9.39. The molecule has 0 saturated heterocycles. The molecule has 0 amide bonds. The second-order valence-corrected chi connectivity index (χ2v) is 5.41. The minimum atomic E-state index is -3.57. The van der Waals surface area contributed by atoms with E-state index >= 15 is 0 Å². The van der Waals surface area contributed by atoms with E-state index in [0.717, 1.165) is 11.3 Å².